The number of aryl methyl sites for hydroxylation is 1. The number of hydrogen-bond donors (Lipinski definition) is 1. The number of thioether (sulfide) groups is 1. The molecule has 0 aromatic heterocycles. The molecule has 28 heavy (non-hydrogen) atoms. The summed E-state index contributed by atoms with van der Waals surface area (Å²) in [5.41, 5.74) is 3.37. The maximum Gasteiger partial charge on any atom is 0.242 e. The zero-order valence-electron chi connectivity index (χ0n) is 17.1. The maximum absolute atomic E-state index is 13.0. The second kappa shape index (κ2) is 10.9. The summed E-state index contributed by atoms with van der Waals surface area (Å²) < 4.78 is 0. The first kappa shape index (κ1) is 22.0. The summed E-state index contributed by atoms with van der Waals surface area (Å²) in [6.07, 6.45) is 0. The number of nitrogens with one attached hydrogen (secondary N) is 1. The summed E-state index contributed by atoms with van der Waals surface area (Å²) in [6, 6.07) is 17.6. The molecule has 0 unspecified atom stereocenters. The van der Waals surface area contributed by atoms with Gasteiger partial charge in [-0.2, -0.15) is 0 Å². The average molecular weight is 399 g/mol. The van der Waals surface area contributed by atoms with E-state index in [1.165, 1.54) is 5.56 Å². The van der Waals surface area contributed by atoms with Gasteiger partial charge in [0.1, 0.15) is 6.04 Å². The lowest BCUT2D eigenvalue weighted by Gasteiger charge is -2.30. The molecule has 2 rings (SSSR count). The Hall–Kier alpha value is -2.27. The molecule has 0 saturated heterocycles. The second-order valence-electron chi connectivity index (χ2n) is 7.27. The molecule has 1 N–H and O–H groups in total. The Kier molecular flexibility index (Phi) is 8.58. The van der Waals surface area contributed by atoms with Gasteiger partial charge in [0.2, 0.25) is 11.8 Å². The minimum Gasteiger partial charge on any atom is -0.352 e. The predicted octanol–water partition coefficient (Wildman–Crippen LogP) is 4.17. The van der Waals surface area contributed by atoms with Crippen molar-refractivity contribution in [3.63, 3.8) is 0 Å². The zero-order chi connectivity index (χ0) is 20.5. The smallest absolute Gasteiger partial charge is 0.242 e. The van der Waals surface area contributed by atoms with Gasteiger partial charge in [-0.05, 0) is 44.4 Å². The van der Waals surface area contributed by atoms with Crippen LogP contribution in [-0.2, 0) is 21.9 Å². The lowest BCUT2D eigenvalue weighted by atomic mass is 10.1. The monoisotopic (exact) mass is 398 g/mol. The summed E-state index contributed by atoms with van der Waals surface area (Å²) >= 11 is 1.58. The van der Waals surface area contributed by atoms with Crippen molar-refractivity contribution < 1.29 is 9.59 Å². The summed E-state index contributed by atoms with van der Waals surface area (Å²) in [6.45, 7) is 8.11. The summed E-state index contributed by atoms with van der Waals surface area (Å²) in [5.74, 6) is 0.984. The predicted molar refractivity (Wildman–Crippen MR) is 117 cm³/mol. The summed E-state index contributed by atoms with van der Waals surface area (Å²) in [4.78, 5) is 27.3. The lowest BCUT2D eigenvalue weighted by molar-refractivity contribution is -0.138. The van der Waals surface area contributed by atoms with E-state index in [4.69, 9.17) is 0 Å². The molecule has 1 atom stereocenters. The molecular weight excluding hydrogens is 368 g/mol. The minimum absolute atomic E-state index is 0.0180. The molecule has 2 aromatic rings. The van der Waals surface area contributed by atoms with Crippen molar-refractivity contribution in [2.24, 2.45) is 0 Å². The van der Waals surface area contributed by atoms with Gasteiger partial charge >= 0.3 is 0 Å². The van der Waals surface area contributed by atoms with E-state index in [9.17, 15) is 9.59 Å². The molecule has 2 aromatic carbocycles. The first-order chi connectivity index (χ1) is 13.4. The van der Waals surface area contributed by atoms with Gasteiger partial charge in [0.25, 0.3) is 0 Å². The van der Waals surface area contributed by atoms with Crippen LogP contribution < -0.4 is 5.32 Å². The van der Waals surface area contributed by atoms with Crippen LogP contribution in [0.1, 0.15) is 37.5 Å². The molecule has 2 amide bonds. The quantitative estimate of drug-likeness (QED) is 0.690. The molecule has 0 bridgehead atoms. The molecule has 0 spiro atoms. The first-order valence-corrected chi connectivity index (χ1v) is 10.8. The van der Waals surface area contributed by atoms with Gasteiger partial charge in [0.15, 0.2) is 0 Å². The van der Waals surface area contributed by atoms with Crippen LogP contribution in [0.4, 0.5) is 0 Å². The third-order valence-electron chi connectivity index (χ3n) is 4.54. The maximum atomic E-state index is 13.0. The van der Waals surface area contributed by atoms with Crippen molar-refractivity contribution in [3.05, 3.63) is 71.3 Å². The van der Waals surface area contributed by atoms with Gasteiger partial charge in [-0.3, -0.25) is 9.59 Å². The average Bonchev–Trinajstić information content (AvgIpc) is 2.67. The van der Waals surface area contributed by atoms with Crippen molar-refractivity contribution in [3.8, 4) is 0 Å². The van der Waals surface area contributed by atoms with Gasteiger partial charge in [-0.25, -0.2) is 0 Å². The highest BCUT2D eigenvalue weighted by molar-refractivity contribution is 7.99. The molecule has 0 saturated carbocycles. The Labute approximate surface area is 172 Å². The highest BCUT2D eigenvalue weighted by Gasteiger charge is 2.26. The number of hydrogen-bond acceptors (Lipinski definition) is 3. The number of benzene rings is 2. The Balaban J connectivity index is 2.08. The molecule has 5 heteroatoms. The molecule has 150 valence electrons. The fraction of sp³-hybridized carbons (Fsp3) is 0.391. The van der Waals surface area contributed by atoms with Gasteiger partial charge in [-0.1, -0.05) is 54.6 Å². The molecule has 0 aliphatic rings. The van der Waals surface area contributed by atoms with E-state index in [1.54, 1.807) is 23.6 Å². The van der Waals surface area contributed by atoms with Crippen LogP contribution in [0.5, 0.6) is 0 Å². The van der Waals surface area contributed by atoms with Crippen molar-refractivity contribution in [1.29, 1.82) is 0 Å². The van der Waals surface area contributed by atoms with Gasteiger partial charge in [-0.15, -0.1) is 11.8 Å². The van der Waals surface area contributed by atoms with E-state index in [2.05, 4.69) is 17.4 Å². The number of carbonyl (C=O) groups excluding carboxylic acids is 2. The molecule has 0 heterocycles. The number of amides is 2. The van der Waals surface area contributed by atoms with Crippen LogP contribution >= 0.6 is 11.8 Å². The number of carbonyl (C=O) groups is 2. The van der Waals surface area contributed by atoms with E-state index in [1.807, 2.05) is 63.2 Å². The third-order valence-corrected chi connectivity index (χ3v) is 5.53. The van der Waals surface area contributed by atoms with Gasteiger partial charge < -0.3 is 10.2 Å². The van der Waals surface area contributed by atoms with Crippen LogP contribution in [0.3, 0.4) is 0 Å². The Morgan fingerprint density at radius 2 is 1.64 bits per heavy atom. The van der Waals surface area contributed by atoms with Gasteiger partial charge in [0, 0.05) is 18.3 Å². The lowest BCUT2D eigenvalue weighted by Crippen LogP contribution is -2.49. The highest BCUT2D eigenvalue weighted by Crippen LogP contribution is 2.17. The SMILES string of the molecule is Cc1ccccc1CN(C(=O)CSCc1ccccc1)[C@H](C)C(=O)NC(C)C. The van der Waals surface area contributed by atoms with Crippen molar-refractivity contribution in [2.75, 3.05) is 5.75 Å². The molecule has 0 aliphatic carbocycles. The zero-order valence-corrected chi connectivity index (χ0v) is 18.0. The molecule has 0 radical (unpaired) electrons. The number of nitrogens with zero attached hydrogens (tertiary/aromatic N) is 1. The van der Waals surface area contributed by atoms with Crippen LogP contribution in [-0.4, -0.2) is 34.6 Å². The van der Waals surface area contributed by atoms with Crippen molar-refractivity contribution in [1.82, 2.24) is 10.2 Å². The van der Waals surface area contributed by atoms with Crippen LogP contribution in [0, 0.1) is 6.92 Å². The van der Waals surface area contributed by atoms with Crippen LogP contribution in [0.2, 0.25) is 0 Å². The van der Waals surface area contributed by atoms with Gasteiger partial charge in [0.05, 0.1) is 5.75 Å². The largest absolute Gasteiger partial charge is 0.352 e. The summed E-state index contributed by atoms with van der Waals surface area (Å²) in [7, 11) is 0. The molecule has 4 nitrogen and oxygen atoms in total. The van der Waals surface area contributed by atoms with E-state index < -0.39 is 6.04 Å². The topological polar surface area (TPSA) is 49.4 Å². The summed E-state index contributed by atoms with van der Waals surface area (Å²) in [5, 5.41) is 2.92. The Bertz CT molecular complexity index is 777. The third kappa shape index (κ3) is 6.71. The first-order valence-electron chi connectivity index (χ1n) is 9.64. The van der Waals surface area contributed by atoms with Crippen LogP contribution in [0.25, 0.3) is 0 Å². The normalized spacial score (nSPS) is 11.9. The van der Waals surface area contributed by atoms with E-state index in [0.29, 0.717) is 12.3 Å². The molecular formula is C23H30N2O2S. The van der Waals surface area contributed by atoms with E-state index in [0.717, 1.165) is 16.9 Å². The fourth-order valence-corrected chi connectivity index (χ4v) is 3.74. The second-order valence-corrected chi connectivity index (χ2v) is 8.25. The van der Waals surface area contributed by atoms with E-state index in [-0.39, 0.29) is 17.9 Å². The standard InChI is InChI=1S/C23H30N2O2S/c1-17(2)24-23(27)19(4)25(14-21-13-9-8-10-18(21)3)22(26)16-28-15-20-11-6-5-7-12-20/h5-13,17,19H,14-16H2,1-4H3,(H,24,27)/t19-/m1/s1. The molecule has 0 aliphatic heterocycles. The van der Waals surface area contributed by atoms with E-state index >= 15 is 0 Å². The Morgan fingerprint density at radius 1 is 1.00 bits per heavy atom. The highest BCUT2D eigenvalue weighted by atomic mass is 32.2. The fourth-order valence-electron chi connectivity index (χ4n) is 2.87. The Morgan fingerprint density at radius 3 is 2.29 bits per heavy atom. The number of rotatable bonds is 9. The molecule has 0 fully saturated rings. The van der Waals surface area contributed by atoms with Crippen molar-refractivity contribution >= 4 is 23.6 Å². The van der Waals surface area contributed by atoms with Crippen molar-refractivity contribution in [2.45, 2.75) is 52.1 Å². The van der Waals surface area contributed by atoms with Crippen LogP contribution in [0.15, 0.2) is 54.6 Å². The minimum atomic E-state index is -0.521.